The highest BCUT2D eigenvalue weighted by molar-refractivity contribution is 5.72. The molecule has 0 bridgehead atoms. The van der Waals surface area contributed by atoms with Gasteiger partial charge in [-0.05, 0) is 48.6 Å². The van der Waals surface area contributed by atoms with Gasteiger partial charge in [-0.3, -0.25) is 4.79 Å². The van der Waals surface area contributed by atoms with Gasteiger partial charge in [0.2, 0.25) is 0 Å². The van der Waals surface area contributed by atoms with Crippen molar-refractivity contribution in [1.29, 1.82) is 0 Å². The van der Waals surface area contributed by atoms with E-state index in [2.05, 4.69) is 35.9 Å². The molecule has 0 aliphatic heterocycles. The van der Waals surface area contributed by atoms with Crippen LogP contribution in [0.15, 0.2) is 24.3 Å². The summed E-state index contributed by atoms with van der Waals surface area (Å²) in [5.41, 5.74) is 2.47. The van der Waals surface area contributed by atoms with Crippen molar-refractivity contribution in [3.05, 3.63) is 35.4 Å². The summed E-state index contributed by atoms with van der Waals surface area (Å²) in [5.74, 6) is 1.49. The van der Waals surface area contributed by atoms with Crippen molar-refractivity contribution in [1.82, 2.24) is 0 Å². The average molecular weight is 260 g/mol. The third kappa shape index (κ3) is 3.82. The highest BCUT2D eigenvalue weighted by Crippen LogP contribution is 2.36. The minimum atomic E-state index is -0.170. The molecule has 2 rings (SSSR count). The Morgan fingerprint density at radius 2 is 1.79 bits per heavy atom. The summed E-state index contributed by atoms with van der Waals surface area (Å²) < 4.78 is 4.69. The third-order valence-corrected chi connectivity index (χ3v) is 4.45. The van der Waals surface area contributed by atoms with E-state index in [9.17, 15) is 4.79 Å². The first-order valence-electron chi connectivity index (χ1n) is 7.38. The van der Waals surface area contributed by atoms with Gasteiger partial charge in [0.25, 0.3) is 0 Å². The zero-order chi connectivity index (χ0) is 13.7. The number of rotatable bonds is 4. The van der Waals surface area contributed by atoms with E-state index in [1.54, 1.807) is 0 Å². The molecule has 0 aromatic heterocycles. The van der Waals surface area contributed by atoms with Crippen LogP contribution >= 0.6 is 0 Å². The third-order valence-electron chi connectivity index (χ3n) is 4.45. The summed E-state index contributed by atoms with van der Waals surface area (Å²) in [6, 6.07) is 8.51. The molecule has 0 spiro atoms. The van der Waals surface area contributed by atoms with Gasteiger partial charge in [0.15, 0.2) is 0 Å². The fourth-order valence-electron chi connectivity index (χ4n) is 3.05. The van der Waals surface area contributed by atoms with Crippen LogP contribution in [0.4, 0.5) is 0 Å². The molecule has 0 amide bonds. The lowest BCUT2D eigenvalue weighted by Gasteiger charge is -2.28. The van der Waals surface area contributed by atoms with Crippen LogP contribution in [0.5, 0.6) is 0 Å². The van der Waals surface area contributed by atoms with Gasteiger partial charge >= 0.3 is 5.97 Å². The molecule has 0 radical (unpaired) electrons. The lowest BCUT2D eigenvalue weighted by atomic mass is 9.78. The Kier molecular flexibility index (Phi) is 5.00. The first-order chi connectivity index (χ1) is 9.22. The molecular formula is C17H24O2. The monoisotopic (exact) mass is 260 g/mol. The standard InChI is InChI=1S/C17H24O2/c1-3-13-4-8-15(9-5-13)16-10-6-14(7-11-16)12-17(18)19-2/h6-7,10-11,13,15H,3-5,8-9,12H2,1-2H3. The Bertz CT molecular complexity index is 400. The number of methoxy groups -OCH3 is 1. The van der Waals surface area contributed by atoms with Crippen LogP contribution in [0.1, 0.15) is 56.1 Å². The molecule has 0 atom stereocenters. The summed E-state index contributed by atoms with van der Waals surface area (Å²) in [7, 11) is 1.43. The number of hydrogen-bond donors (Lipinski definition) is 0. The van der Waals surface area contributed by atoms with Gasteiger partial charge < -0.3 is 4.74 Å². The normalized spacial score (nSPS) is 23.1. The molecule has 0 saturated heterocycles. The van der Waals surface area contributed by atoms with Gasteiger partial charge in [-0.25, -0.2) is 0 Å². The highest BCUT2D eigenvalue weighted by atomic mass is 16.5. The molecule has 1 fully saturated rings. The topological polar surface area (TPSA) is 26.3 Å². The maximum atomic E-state index is 11.2. The quantitative estimate of drug-likeness (QED) is 0.762. The molecule has 1 aliphatic carbocycles. The largest absolute Gasteiger partial charge is 0.469 e. The van der Waals surface area contributed by atoms with Crippen LogP contribution in [0.2, 0.25) is 0 Å². The molecule has 1 aromatic rings. The van der Waals surface area contributed by atoms with E-state index in [4.69, 9.17) is 0 Å². The Labute approximate surface area is 116 Å². The van der Waals surface area contributed by atoms with E-state index >= 15 is 0 Å². The van der Waals surface area contributed by atoms with Crippen molar-refractivity contribution in [3.63, 3.8) is 0 Å². The second-order valence-electron chi connectivity index (χ2n) is 5.62. The summed E-state index contributed by atoms with van der Waals surface area (Å²) in [4.78, 5) is 11.2. The van der Waals surface area contributed by atoms with Gasteiger partial charge in [0, 0.05) is 0 Å². The number of esters is 1. The first kappa shape index (κ1) is 14.1. The van der Waals surface area contributed by atoms with Gasteiger partial charge in [-0.2, -0.15) is 0 Å². The van der Waals surface area contributed by atoms with Crippen molar-refractivity contribution in [3.8, 4) is 0 Å². The van der Waals surface area contributed by atoms with E-state index in [-0.39, 0.29) is 5.97 Å². The summed E-state index contributed by atoms with van der Waals surface area (Å²) in [5, 5.41) is 0. The first-order valence-corrected chi connectivity index (χ1v) is 7.38. The van der Waals surface area contributed by atoms with Crippen LogP contribution in [0, 0.1) is 5.92 Å². The highest BCUT2D eigenvalue weighted by Gasteiger charge is 2.21. The fraction of sp³-hybridized carbons (Fsp3) is 0.588. The molecule has 1 saturated carbocycles. The van der Waals surface area contributed by atoms with E-state index < -0.39 is 0 Å². The molecule has 0 unspecified atom stereocenters. The molecule has 19 heavy (non-hydrogen) atoms. The number of benzene rings is 1. The molecule has 1 aliphatic rings. The van der Waals surface area contributed by atoms with Crippen molar-refractivity contribution >= 4 is 5.97 Å². The number of carbonyl (C=O) groups is 1. The van der Waals surface area contributed by atoms with Crippen LogP contribution in [0.3, 0.4) is 0 Å². The van der Waals surface area contributed by atoms with Crippen molar-refractivity contribution in [2.75, 3.05) is 7.11 Å². The van der Waals surface area contributed by atoms with Gasteiger partial charge in [-0.15, -0.1) is 0 Å². The van der Waals surface area contributed by atoms with Crippen LogP contribution < -0.4 is 0 Å². The lowest BCUT2D eigenvalue weighted by molar-refractivity contribution is -0.139. The minimum Gasteiger partial charge on any atom is -0.469 e. The zero-order valence-corrected chi connectivity index (χ0v) is 12.0. The Hall–Kier alpha value is -1.31. The van der Waals surface area contributed by atoms with E-state index in [0.29, 0.717) is 6.42 Å². The smallest absolute Gasteiger partial charge is 0.309 e. The van der Waals surface area contributed by atoms with Crippen LogP contribution in [-0.2, 0) is 16.0 Å². The molecule has 1 aromatic carbocycles. The Morgan fingerprint density at radius 1 is 1.16 bits per heavy atom. The molecular weight excluding hydrogens is 236 g/mol. The fourth-order valence-corrected chi connectivity index (χ4v) is 3.05. The minimum absolute atomic E-state index is 0.170. The number of ether oxygens (including phenoxy) is 1. The van der Waals surface area contributed by atoms with Crippen molar-refractivity contribution in [2.45, 2.75) is 51.4 Å². The number of hydrogen-bond acceptors (Lipinski definition) is 2. The van der Waals surface area contributed by atoms with E-state index in [0.717, 1.165) is 17.4 Å². The molecule has 0 heterocycles. The molecule has 2 heteroatoms. The van der Waals surface area contributed by atoms with Gasteiger partial charge in [0.05, 0.1) is 13.5 Å². The van der Waals surface area contributed by atoms with Crippen LogP contribution in [-0.4, -0.2) is 13.1 Å². The summed E-state index contributed by atoms with van der Waals surface area (Å²) in [6.45, 7) is 2.30. The van der Waals surface area contributed by atoms with Crippen LogP contribution in [0.25, 0.3) is 0 Å². The summed E-state index contributed by atoms with van der Waals surface area (Å²) >= 11 is 0. The maximum absolute atomic E-state index is 11.2. The van der Waals surface area contributed by atoms with Gasteiger partial charge in [-0.1, -0.05) is 37.6 Å². The molecule has 2 nitrogen and oxygen atoms in total. The predicted octanol–water partition coefficient (Wildman–Crippen LogP) is 4.09. The van der Waals surface area contributed by atoms with E-state index in [1.807, 2.05) is 0 Å². The second-order valence-corrected chi connectivity index (χ2v) is 5.62. The molecule has 104 valence electrons. The van der Waals surface area contributed by atoms with Crippen molar-refractivity contribution < 1.29 is 9.53 Å². The van der Waals surface area contributed by atoms with Crippen molar-refractivity contribution in [2.24, 2.45) is 5.92 Å². The maximum Gasteiger partial charge on any atom is 0.309 e. The van der Waals surface area contributed by atoms with Gasteiger partial charge in [0.1, 0.15) is 0 Å². The SMILES string of the molecule is CCC1CCC(c2ccc(CC(=O)OC)cc2)CC1. The predicted molar refractivity (Wildman–Crippen MR) is 77.2 cm³/mol. The Balaban J connectivity index is 1.93. The van der Waals surface area contributed by atoms with E-state index in [1.165, 1.54) is 44.8 Å². The lowest BCUT2D eigenvalue weighted by Crippen LogP contribution is -2.12. The average Bonchev–Trinajstić information content (AvgIpc) is 2.48. The molecule has 0 N–H and O–H groups in total. The number of carbonyl (C=O) groups excluding carboxylic acids is 1. The Morgan fingerprint density at radius 3 is 2.32 bits per heavy atom. The second kappa shape index (κ2) is 6.74. The summed E-state index contributed by atoms with van der Waals surface area (Å²) in [6.07, 6.45) is 7.06. The zero-order valence-electron chi connectivity index (χ0n) is 12.0.